The molecule has 0 aliphatic rings. The van der Waals surface area contributed by atoms with Crippen LogP contribution in [0.5, 0.6) is 0 Å². The number of aromatic nitrogens is 2. The minimum absolute atomic E-state index is 0.292. The summed E-state index contributed by atoms with van der Waals surface area (Å²) in [6.07, 6.45) is 15.2. The number of nitrogens with zero attached hydrogens (tertiary/aromatic N) is 4. The molecule has 1 aromatic heterocycles. The van der Waals surface area contributed by atoms with Gasteiger partial charge in [0.2, 0.25) is 0 Å². The van der Waals surface area contributed by atoms with Crippen molar-refractivity contribution in [3.05, 3.63) is 83.2 Å². The Bertz CT molecular complexity index is 1110. The summed E-state index contributed by atoms with van der Waals surface area (Å²) in [5.74, 6) is 0.523. The van der Waals surface area contributed by atoms with Crippen molar-refractivity contribution in [2.75, 3.05) is 24.0 Å². The Hall–Kier alpha value is -3.13. The van der Waals surface area contributed by atoms with Gasteiger partial charge in [0.25, 0.3) is 0 Å². The molecule has 8 heteroatoms. The maximum atomic E-state index is 15.2. The fourth-order valence-corrected chi connectivity index (χ4v) is 4.27. The first-order valence-corrected chi connectivity index (χ1v) is 13.4. The van der Waals surface area contributed by atoms with Gasteiger partial charge in [-0.2, -0.15) is 0 Å². The molecule has 2 N–H and O–H groups in total. The first kappa shape index (κ1) is 28.1. The van der Waals surface area contributed by atoms with Gasteiger partial charge in [-0.3, -0.25) is 9.20 Å². The largest absolute Gasteiger partial charge is 0.405 e. The van der Waals surface area contributed by atoms with Crippen molar-refractivity contribution in [2.45, 2.75) is 46.1 Å². The van der Waals surface area contributed by atoms with E-state index >= 15 is 4.39 Å². The number of aryl methyl sites for hydroxylation is 1. The van der Waals surface area contributed by atoms with Crippen LogP contribution in [0.15, 0.2) is 71.2 Å². The number of nitrogens with two attached hydrogens (primary N) is 1. The monoisotopic (exact) mass is 497 g/mol. The van der Waals surface area contributed by atoms with E-state index in [1.54, 1.807) is 23.4 Å². The predicted octanol–water partition coefficient (Wildman–Crippen LogP) is 5.41. The molecule has 0 aliphatic heterocycles. The molecule has 188 valence electrons. The van der Waals surface area contributed by atoms with Crippen LogP contribution in [0.3, 0.4) is 0 Å². The summed E-state index contributed by atoms with van der Waals surface area (Å²) in [6.45, 7) is 4.57. The van der Waals surface area contributed by atoms with E-state index in [0.717, 1.165) is 36.1 Å². The predicted molar refractivity (Wildman–Crippen MR) is 146 cm³/mol. The number of benzene rings is 1. The van der Waals surface area contributed by atoms with Crippen LogP contribution >= 0.6 is 0 Å². The lowest BCUT2D eigenvalue weighted by Crippen LogP contribution is -2.20. The van der Waals surface area contributed by atoms with Gasteiger partial charge in [-0.05, 0) is 69.5 Å². The van der Waals surface area contributed by atoms with Crippen LogP contribution in [0.2, 0.25) is 0 Å². The van der Waals surface area contributed by atoms with Gasteiger partial charge in [-0.25, -0.2) is 14.4 Å². The number of hydrogen-bond acceptors (Lipinski definition) is 6. The number of unbranched alkanes of at least 4 members (excludes halogenated alkanes) is 1. The highest BCUT2D eigenvalue weighted by Gasteiger charge is 2.15. The lowest BCUT2D eigenvalue weighted by atomic mass is 10.1. The Morgan fingerprint density at radius 2 is 1.97 bits per heavy atom. The highest BCUT2D eigenvalue weighted by atomic mass is 32.2. The third kappa shape index (κ3) is 10.3. The Kier molecular flexibility index (Phi) is 12.0. The van der Waals surface area contributed by atoms with Crippen LogP contribution in [0.1, 0.15) is 44.4 Å². The fourth-order valence-electron chi connectivity index (χ4n) is 3.53. The molecule has 2 rings (SSSR count). The Labute approximate surface area is 211 Å². The molecule has 6 nitrogen and oxygen atoms in total. The van der Waals surface area contributed by atoms with Crippen molar-refractivity contribution in [1.82, 2.24) is 9.97 Å². The van der Waals surface area contributed by atoms with E-state index in [1.807, 2.05) is 44.3 Å². The van der Waals surface area contributed by atoms with Crippen molar-refractivity contribution in [2.24, 2.45) is 10.7 Å². The third-order valence-electron chi connectivity index (χ3n) is 5.27. The van der Waals surface area contributed by atoms with E-state index in [-0.39, 0.29) is 5.82 Å². The van der Waals surface area contributed by atoms with Gasteiger partial charge in [0.1, 0.15) is 6.33 Å². The SMILES string of the molecule is C/C(=C\C=C(/C)CS(C)=O)CCCCc1ncnc(N(C)Cc2cccc(N=CC=CN)c2)c1F. The summed E-state index contributed by atoms with van der Waals surface area (Å²) in [6, 6.07) is 7.74. The van der Waals surface area contributed by atoms with Gasteiger partial charge in [-0.15, -0.1) is 0 Å². The zero-order valence-electron chi connectivity index (χ0n) is 21.1. The van der Waals surface area contributed by atoms with E-state index in [1.165, 1.54) is 18.1 Å². The van der Waals surface area contributed by atoms with E-state index in [2.05, 4.69) is 28.0 Å². The van der Waals surface area contributed by atoms with E-state index in [9.17, 15) is 4.21 Å². The number of allylic oxidation sites excluding steroid dienone is 4. The minimum Gasteiger partial charge on any atom is -0.405 e. The quantitative estimate of drug-likeness (QED) is 0.227. The van der Waals surface area contributed by atoms with Crippen LogP contribution in [0.25, 0.3) is 0 Å². The standard InChI is InChI=1S/C27H36FN5OS/c1-21(13-14-22(2)19-35(4)34)9-5-6-12-25-26(28)27(32-20-31-25)33(3)18-23-10-7-11-24(17-23)30-16-8-15-29/h7-8,10-11,13-17,20H,5-6,9,12,18-19,29H2,1-4H3/b15-8?,21-13+,22-14+,30-16?. The maximum Gasteiger partial charge on any atom is 0.187 e. The van der Waals surface area contributed by atoms with Gasteiger partial charge >= 0.3 is 0 Å². The Morgan fingerprint density at radius 3 is 2.71 bits per heavy atom. The molecule has 1 unspecified atom stereocenters. The second kappa shape index (κ2) is 15.0. The molecule has 0 bridgehead atoms. The van der Waals surface area contributed by atoms with Crippen LogP contribution in [-0.4, -0.2) is 39.4 Å². The number of halogens is 1. The minimum atomic E-state index is -0.821. The average Bonchev–Trinajstić information content (AvgIpc) is 2.81. The van der Waals surface area contributed by atoms with Crippen molar-refractivity contribution in [3.8, 4) is 0 Å². The lowest BCUT2D eigenvalue weighted by molar-refractivity contribution is 0.575. The van der Waals surface area contributed by atoms with E-state index in [4.69, 9.17) is 5.73 Å². The fraction of sp³-hybridized carbons (Fsp3) is 0.370. The smallest absolute Gasteiger partial charge is 0.187 e. The van der Waals surface area contributed by atoms with Crippen LogP contribution < -0.4 is 10.6 Å². The molecule has 35 heavy (non-hydrogen) atoms. The maximum absolute atomic E-state index is 15.2. The summed E-state index contributed by atoms with van der Waals surface area (Å²) in [5, 5.41) is 0. The van der Waals surface area contributed by atoms with Crippen molar-refractivity contribution >= 4 is 28.5 Å². The van der Waals surface area contributed by atoms with Crippen molar-refractivity contribution in [1.29, 1.82) is 0 Å². The highest BCUT2D eigenvalue weighted by molar-refractivity contribution is 7.84. The Morgan fingerprint density at radius 1 is 1.20 bits per heavy atom. The zero-order valence-corrected chi connectivity index (χ0v) is 21.9. The van der Waals surface area contributed by atoms with Crippen molar-refractivity contribution < 1.29 is 8.60 Å². The van der Waals surface area contributed by atoms with Gasteiger partial charge < -0.3 is 10.6 Å². The van der Waals surface area contributed by atoms with Crippen LogP contribution in [0.4, 0.5) is 15.9 Å². The molecule has 1 heterocycles. The molecule has 0 radical (unpaired) electrons. The summed E-state index contributed by atoms with van der Waals surface area (Å²) in [7, 11) is 0.999. The molecule has 0 amide bonds. The normalized spacial score (nSPS) is 13.6. The molecule has 0 spiro atoms. The molecule has 1 aromatic carbocycles. The molecule has 0 saturated heterocycles. The molecular weight excluding hydrogens is 461 g/mol. The number of anilines is 1. The van der Waals surface area contributed by atoms with Crippen LogP contribution in [0, 0.1) is 5.82 Å². The summed E-state index contributed by atoms with van der Waals surface area (Å²) < 4.78 is 26.4. The molecule has 1 atom stereocenters. The van der Waals surface area contributed by atoms with E-state index < -0.39 is 10.8 Å². The third-order valence-corrected chi connectivity index (χ3v) is 6.14. The topological polar surface area (TPSA) is 84.5 Å². The van der Waals surface area contributed by atoms with Crippen molar-refractivity contribution in [3.63, 3.8) is 0 Å². The number of rotatable bonds is 13. The molecule has 0 aliphatic carbocycles. The number of aliphatic imine (C=N–C) groups is 1. The lowest BCUT2D eigenvalue weighted by Gasteiger charge is -2.19. The molecular formula is C27H36FN5OS. The van der Waals surface area contributed by atoms with Gasteiger partial charge in [0, 0.05) is 42.6 Å². The zero-order chi connectivity index (χ0) is 25.6. The second-order valence-corrected chi connectivity index (χ2v) is 10.0. The first-order valence-electron chi connectivity index (χ1n) is 11.6. The summed E-state index contributed by atoms with van der Waals surface area (Å²) >= 11 is 0. The van der Waals surface area contributed by atoms with Gasteiger partial charge in [-0.1, -0.05) is 35.4 Å². The summed E-state index contributed by atoms with van der Waals surface area (Å²) in [4.78, 5) is 14.5. The molecule has 0 saturated carbocycles. The average molecular weight is 498 g/mol. The Balaban J connectivity index is 1.94. The number of hydrogen-bond donors (Lipinski definition) is 1. The van der Waals surface area contributed by atoms with Gasteiger partial charge in [0.05, 0.1) is 11.4 Å². The molecule has 2 aromatic rings. The highest BCUT2D eigenvalue weighted by Crippen LogP contribution is 2.22. The van der Waals surface area contributed by atoms with E-state index in [0.29, 0.717) is 30.2 Å². The van der Waals surface area contributed by atoms with Crippen LogP contribution in [-0.2, 0) is 23.8 Å². The van der Waals surface area contributed by atoms with Gasteiger partial charge in [0.15, 0.2) is 11.6 Å². The second-order valence-electron chi connectivity index (χ2n) is 8.60. The molecule has 0 fully saturated rings. The summed E-state index contributed by atoms with van der Waals surface area (Å²) in [5.41, 5.74) is 9.92. The first-order chi connectivity index (χ1) is 16.8.